The monoisotopic (exact) mass is 566 g/mol. The van der Waals surface area contributed by atoms with Crippen LogP contribution in [0.5, 0.6) is 11.5 Å². The number of likely N-dealkylation sites (N-methyl/N-ethyl adjacent to an activating group) is 1. The van der Waals surface area contributed by atoms with E-state index in [1.165, 1.54) is 22.4 Å². The summed E-state index contributed by atoms with van der Waals surface area (Å²) in [7, 11) is -3.11. The highest BCUT2D eigenvalue weighted by atomic mass is 32.2. The third kappa shape index (κ3) is 5.58. The Kier molecular flexibility index (Phi) is 7.77. The molecule has 3 aliphatic rings. The lowest BCUT2D eigenvalue weighted by molar-refractivity contribution is -0.137. The Morgan fingerprint density at radius 3 is 2.27 bits per heavy atom. The standard InChI is InChI=1S/C30H35N3O3.O3S/c1-8-32-24-14-26-22(12-20(24)18(2)16-29(32,4)5)31-23-13-21-19(3)17-30(6,7)33(11-9-10-28(34)35)25(21)15-27(23)36-26;1-4(2)3/h12-17H,8-11H2,1-7H3;/p+1. The van der Waals surface area contributed by atoms with E-state index in [4.69, 9.17) is 27.5 Å². The SMILES string of the molecule is CCN1c2cc3c(cc2C(C)=CC1(C)C)N=c1cc2c(cc1O3)=[N+](CCCC(=O)O)C(C)(C)C=C2C.O=S(=O)=O. The first-order valence-corrected chi connectivity index (χ1v) is 14.3. The van der Waals surface area contributed by atoms with Crippen LogP contribution in [0.3, 0.4) is 0 Å². The number of carboxylic acid groups (broad SMARTS) is 1. The zero-order valence-electron chi connectivity index (χ0n) is 24.0. The van der Waals surface area contributed by atoms with Gasteiger partial charge in [0.25, 0.3) is 0 Å². The zero-order valence-corrected chi connectivity index (χ0v) is 24.8. The predicted octanol–water partition coefficient (Wildman–Crippen LogP) is 4.31. The summed E-state index contributed by atoms with van der Waals surface area (Å²) in [4.78, 5) is 18.6. The van der Waals surface area contributed by atoms with E-state index in [1.807, 2.05) is 0 Å². The Labute approximate surface area is 235 Å². The number of aliphatic carboxylic acids is 1. The van der Waals surface area contributed by atoms with Gasteiger partial charge in [0, 0.05) is 44.1 Å². The molecule has 0 fully saturated rings. The normalized spacial score (nSPS) is 17.3. The largest absolute Gasteiger partial charge is 0.481 e. The molecule has 9 nitrogen and oxygen atoms in total. The van der Waals surface area contributed by atoms with Crippen LogP contribution in [0.2, 0.25) is 0 Å². The Morgan fingerprint density at radius 2 is 1.65 bits per heavy atom. The maximum absolute atomic E-state index is 11.1. The minimum absolute atomic E-state index is 0.0746. The van der Waals surface area contributed by atoms with Crippen molar-refractivity contribution in [3.8, 4) is 11.5 Å². The van der Waals surface area contributed by atoms with Crippen LogP contribution in [-0.4, -0.2) is 47.9 Å². The predicted molar refractivity (Wildman–Crippen MR) is 155 cm³/mol. The van der Waals surface area contributed by atoms with Gasteiger partial charge in [-0.15, -0.1) is 12.6 Å². The second kappa shape index (κ2) is 10.6. The molecule has 0 spiro atoms. The van der Waals surface area contributed by atoms with E-state index in [-0.39, 0.29) is 17.5 Å². The number of fused-ring (bicyclic) bond motifs is 4. The van der Waals surface area contributed by atoms with E-state index in [1.54, 1.807) is 0 Å². The van der Waals surface area contributed by atoms with E-state index in [0.29, 0.717) is 13.0 Å². The number of rotatable bonds is 5. The van der Waals surface area contributed by atoms with Crippen molar-refractivity contribution >= 4 is 39.1 Å². The van der Waals surface area contributed by atoms with Crippen LogP contribution in [0, 0.1) is 0 Å². The van der Waals surface area contributed by atoms with Crippen LogP contribution in [0.15, 0.2) is 41.4 Å². The summed E-state index contributed by atoms with van der Waals surface area (Å²) in [5, 5.41) is 11.1. The molecular weight excluding hydrogens is 530 g/mol. The molecule has 0 aromatic heterocycles. The molecular formula is C30H36N3O6S+. The van der Waals surface area contributed by atoms with Gasteiger partial charge in [-0.3, -0.25) is 4.79 Å². The number of hydrogen-bond acceptors (Lipinski definition) is 7. The van der Waals surface area contributed by atoms with Gasteiger partial charge in [0.15, 0.2) is 17.0 Å². The second-order valence-electron chi connectivity index (χ2n) is 11.4. The molecule has 40 heavy (non-hydrogen) atoms. The molecule has 0 unspecified atom stereocenters. The maximum atomic E-state index is 11.1. The Bertz CT molecular complexity index is 1700. The first kappa shape index (κ1) is 29.2. The summed E-state index contributed by atoms with van der Waals surface area (Å²) in [6.45, 7) is 16.9. The lowest BCUT2D eigenvalue weighted by Gasteiger charge is -2.43. The highest BCUT2D eigenvalue weighted by molar-refractivity contribution is 7.59. The molecule has 0 bridgehead atoms. The van der Waals surface area contributed by atoms with Crippen molar-refractivity contribution in [1.82, 2.24) is 4.58 Å². The Hall–Kier alpha value is -3.79. The van der Waals surface area contributed by atoms with Crippen molar-refractivity contribution < 1.29 is 27.3 Å². The van der Waals surface area contributed by atoms with Gasteiger partial charge in [-0.25, -0.2) is 9.57 Å². The molecule has 2 aromatic carbocycles. The third-order valence-electron chi connectivity index (χ3n) is 7.67. The Morgan fingerprint density at radius 1 is 1.00 bits per heavy atom. The minimum Gasteiger partial charge on any atom is -0.481 e. The number of allylic oxidation sites excluding steroid dienone is 2. The molecule has 2 aromatic rings. The van der Waals surface area contributed by atoms with E-state index in [9.17, 15) is 4.79 Å². The molecule has 212 valence electrons. The van der Waals surface area contributed by atoms with Gasteiger partial charge in [-0.2, -0.15) is 0 Å². The Balaban J connectivity index is 0.000000867. The van der Waals surface area contributed by atoms with E-state index in [2.05, 4.69) is 94.4 Å². The van der Waals surface area contributed by atoms with Gasteiger partial charge >= 0.3 is 16.6 Å². The van der Waals surface area contributed by atoms with Gasteiger partial charge in [0.1, 0.15) is 17.6 Å². The highest BCUT2D eigenvalue weighted by Gasteiger charge is 2.35. The molecule has 3 heterocycles. The van der Waals surface area contributed by atoms with Crippen molar-refractivity contribution in [2.45, 2.75) is 72.4 Å². The van der Waals surface area contributed by atoms with Gasteiger partial charge in [-0.1, -0.05) is 6.08 Å². The van der Waals surface area contributed by atoms with Crippen molar-refractivity contribution in [3.05, 3.63) is 58.3 Å². The van der Waals surface area contributed by atoms with Crippen LogP contribution < -0.4 is 24.9 Å². The van der Waals surface area contributed by atoms with Crippen molar-refractivity contribution in [2.75, 3.05) is 18.0 Å². The fourth-order valence-electron chi connectivity index (χ4n) is 6.15. The first-order chi connectivity index (χ1) is 18.6. The summed E-state index contributed by atoms with van der Waals surface area (Å²) in [5.74, 6) is 0.740. The number of carbonyl (C=O) groups is 1. The average molecular weight is 567 g/mol. The maximum Gasteiger partial charge on any atom is 0.425 e. The topological polar surface area (TPSA) is 116 Å². The first-order valence-electron chi connectivity index (χ1n) is 13.3. The lowest BCUT2D eigenvalue weighted by atomic mass is 9.88. The number of carboxylic acids is 1. The highest BCUT2D eigenvalue weighted by Crippen LogP contribution is 2.46. The van der Waals surface area contributed by atoms with E-state index < -0.39 is 16.6 Å². The molecule has 0 amide bonds. The van der Waals surface area contributed by atoms with Crippen LogP contribution in [0.4, 0.5) is 11.4 Å². The smallest absolute Gasteiger partial charge is 0.425 e. The van der Waals surface area contributed by atoms with Crippen molar-refractivity contribution in [1.29, 1.82) is 0 Å². The van der Waals surface area contributed by atoms with Crippen molar-refractivity contribution in [2.24, 2.45) is 4.99 Å². The summed E-state index contributed by atoms with van der Waals surface area (Å²) < 4.78 is 34.1. The molecule has 0 saturated heterocycles. The number of anilines is 1. The molecule has 3 aliphatic heterocycles. The molecule has 0 aliphatic carbocycles. The van der Waals surface area contributed by atoms with Crippen molar-refractivity contribution in [3.63, 3.8) is 0 Å². The quantitative estimate of drug-likeness (QED) is 0.458. The zero-order chi connectivity index (χ0) is 29.6. The van der Waals surface area contributed by atoms with Gasteiger partial charge in [0.05, 0.1) is 23.6 Å². The summed E-state index contributed by atoms with van der Waals surface area (Å²) in [5.41, 5.74) is 6.48. The molecule has 5 rings (SSSR count). The lowest BCUT2D eigenvalue weighted by Crippen LogP contribution is -2.50. The summed E-state index contributed by atoms with van der Waals surface area (Å²) in [6, 6.07) is 8.49. The minimum atomic E-state index is -3.11. The third-order valence-corrected chi connectivity index (χ3v) is 7.67. The van der Waals surface area contributed by atoms with Crippen LogP contribution in [-0.2, 0) is 15.4 Å². The van der Waals surface area contributed by atoms with E-state index in [0.717, 1.165) is 40.0 Å². The second-order valence-corrected chi connectivity index (χ2v) is 11.9. The summed E-state index contributed by atoms with van der Waals surface area (Å²) in [6.07, 6.45) is 5.32. The fraction of sp³-hybridized carbons (Fsp3) is 0.433. The number of hydrogen-bond donors (Lipinski definition) is 1. The molecule has 1 N–H and O–H groups in total. The average Bonchev–Trinajstić information content (AvgIpc) is 2.82. The molecule has 0 radical (unpaired) electrons. The number of ether oxygens (including phenoxy) is 1. The van der Waals surface area contributed by atoms with E-state index >= 15 is 0 Å². The molecule has 10 heteroatoms. The molecule has 0 atom stereocenters. The molecule has 0 saturated carbocycles. The van der Waals surface area contributed by atoms with Crippen LogP contribution >= 0.6 is 0 Å². The fourth-order valence-corrected chi connectivity index (χ4v) is 6.15. The number of nitrogens with zero attached hydrogens (tertiary/aromatic N) is 3. The number of benzene rings is 2. The van der Waals surface area contributed by atoms with Gasteiger partial charge in [0.2, 0.25) is 5.36 Å². The summed E-state index contributed by atoms with van der Waals surface area (Å²) >= 11 is 0. The van der Waals surface area contributed by atoms with Gasteiger partial charge < -0.3 is 14.7 Å². The van der Waals surface area contributed by atoms with Crippen LogP contribution in [0.25, 0.3) is 11.1 Å². The van der Waals surface area contributed by atoms with Crippen LogP contribution in [0.1, 0.15) is 72.4 Å². The van der Waals surface area contributed by atoms with Gasteiger partial charge in [-0.05, 0) is 64.0 Å².